The molecule has 0 spiro atoms. The highest BCUT2D eigenvalue weighted by Crippen LogP contribution is 2.21. The number of rotatable bonds is 10. The molecular weight excluding hydrogens is 464 g/mol. The van der Waals surface area contributed by atoms with Gasteiger partial charge in [0, 0.05) is 25.6 Å². The summed E-state index contributed by atoms with van der Waals surface area (Å²) in [4.78, 5) is 37.8. The molecule has 2 heterocycles. The summed E-state index contributed by atoms with van der Waals surface area (Å²) in [5, 5.41) is 15.3. The second-order valence-electron chi connectivity index (χ2n) is 8.44. The standard InChI is InChI=1S/C25H28N6O3S/c1-17(2)27-21(32)13-15-30-23(34)19-10-6-7-11-20(19)31-24(30)28-29-25(31)35-16-22(33)26-14-12-18-8-4-3-5-9-18/h3-11,17H,12-16H2,1-2H3,(H,26,33)(H,27,32). The SMILES string of the molecule is CC(C)NC(=O)CCn1c(=O)c2ccccc2n2c(SCC(=O)NCCc3ccccc3)nnc12. The maximum absolute atomic E-state index is 13.2. The number of carbonyl (C=O) groups is 2. The monoisotopic (exact) mass is 492 g/mol. The summed E-state index contributed by atoms with van der Waals surface area (Å²) < 4.78 is 3.25. The number of hydrogen-bond acceptors (Lipinski definition) is 6. The summed E-state index contributed by atoms with van der Waals surface area (Å²) in [6, 6.07) is 17.2. The molecule has 0 radical (unpaired) electrons. The minimum atomic E-state index is -0.229. The third kappa shape index (κ3) is 5.89. The minimum Gasteiger partial charge on any atom is -0.355 e. The Bertz CT molecular complexity index is 1400. The van der Waals surface area contributed by atoms with Gasteiger partial charge in [-0.1, -0.05) is 54.2 Å². The Labute approximate surface area is 206 Å². The Morgan fingerprint density at radius 3 is 2.51 bits per heavy atom. The molecule has 2 aromatic carbocycles. The van der Waals surface area contributed by atoms with Crippen molar-refractivity contribution in [2.45, 2.75) is 44.4 Å². The van der Waals surface area contributed by atoms with Crippen molar-refractivity contribution < 1.29 is 9.59 Å². The Balaban J connectivity index is 1.52. The van der Waals surface area contributed by atoms with Crippen LogP contribution >= 0.6 is 11.8 Å². The van der Waals surface area contributed by atoms with E-state index in [0.29, 0.717) is 28.4 Å². The molecule has 0 saturated heterocycles. The van der Waals surface area contributed by atoms with Crippen LogP contribution in [-0.2, 0) is 22.6 Å². The van der Waals surface area contributed by atoms with E-state index < -0.39 is 0 Å². The van der Waals surface area contributed by atoms with Gasteiger partial charge in [0.1, 0.15) is 0 Å². The fraction of sp³-hybridized carbons (Fsp3) is 0.320. The zero-order chi connectivity index (χ0) is 24.8. The van der Waals surface area contributed by atoms with Crippen LogP contribution in [0, 0.1) is 0 Å². The van der Waals surface area contributed by atoms with E-state index in [4.69, 9.17) is 0 Å². The number of fused-ring (bicyclic) bond motifs is 3. The second kappa shape index (κ2) is 11.2. The third-order valence-corrected chi connectivity index (χ3v) is 6.33. The van der Waals surface area contributed by atoms with E-state index in [-0.39, 0.29) is 42.1 Å². The first kappa shape index (κ1) is 24.5. The Hall–Kier alpha value is -3.66. The van der Waals surface area contributed by atoms with Crippen LogP contribution in [0.5, 0.6) is 0 Å². The number of nitrogens with one attached hydrogen (secondary N) is 2. The zero-order valence-corrected chi connectivity index (χ0v) is 20.5. The molecule has 10 heteroatoms. The molecule has 35 heavy (non-hydrogen) atoms. The second-order valence-corrected chi connectivity index (χ2v) is 9.38. The average Bonchev–Trinajstić information content (AvgIpc) is 3.27. The predicted octanol–water partition coefficient (Wildman–Crippen LogP) is 2.41. The molecule has 2 N–H and O–H groups in total. The van der Waals surface area contributed by atoms with Crippen LogP contribution in [0.1, 0.15) is 25.8 Å². The van der Waals surface area contributed by atoms with Gasteiger partial charge in [-0.25, -0.2) is 0 Å². The van der Waals surface area contributed by atoms with E-state index in [2.05, 4.69) is 20.8 Å². The maximum Gasteiger partial charge on any atom is 0.262 e. The van der Waals surface area contributed by atoms with Gasteiger partial charge in [0.15, 0.2) is 5.16 Å². The van der Waals surface area contributed by atoms with E-state index in [1.807, 2.05) is 56.3 Å². The van der Waals surface area contributed by atoms with E-state index in [9.17, 15) is 14.4 Å². The van der Waals surface area contributed by atoms with Gasteiger partial charge in [0.25, 0.3) is 5.56 Å². The summed E-state index contributed by atoms with van der Waals surface area (Å²) in [5.74, 6) is 0.267. The summed E-state index contributed by atoms with van der Waals surface area (Å²) >= 11 is 1.26. The first-order valence-corrected chi connectivity index (χ1v) is 12.5. The largest absolute Gasteiger partial charge is 0.355 e. The summed E-state index contributed by atoms with van der Waals surface area (Å²) in [7, 11) is 0. The molecule has 0 aliphatic rings. The van der Waals surface area contributed by atoms with Gasteiger partial charge < -0.3 is 10.6 Å². The number of carbonyl (C=O) groups excluding carboxylic acids is 2. The maximum atomic E-state index is 13.2. The fourth-order valence-corrected chi connectivity index (χ4v) is 4.58. The third-order valence-electron chi connectivity index (χ3n) is 5.40. The van der Waals surface area contributed by atoms with Crippen LogP contribution in [0.4, 0.5) is 0 Å². The van der Waals surface area contributed by atoms with Crippen LogP contribution in [0.25, 0.3) is 16.7 Å². The molecule has 0 aliphatic carbocycles. The molecule has 2 aromatic heterocycles. The van der Waals surface area contributed by atoms with E-state index in [1.54, 1.807) is 16.5 Å². The lowest BCUT2D eigenvalue weighted by atomic mass is 10.1. The first-order valence-electron chi connectivity index (χ1n) is 11.5. The van der Waals surface area contributed by atoms with Gasteiger partial charge in [-0.3, -0.25) is 23.4 Å². The number of benzene rings is 2. The molecule has 9 nitrogen and oxygen atoms in total. The highest BCUT2D eigenvalue weighted by molar-refractivity contribution is 7.99. The minimum absolute atomic E-state index is 0.0192. The van der Waals surface area contributed by atoms with Crippen molar-refractivity contribution in [3.8, 4) is 0 Å². The number of thioether (sulfide) groups is 1. The van der Waals surface area contributed by atoms with Crippen LogP contribution in [0.15, 0.2) is 64.5 Å². The molecule has 4 rings (SSSR count). The van der Waals surface area contributed by atoms with Gasteiger partial charge in [-0.2, -0.15) is 0 Å². The molecule has 0 fully saturated rings. The van der Waals surface area contributed by atoms with Crippen LogP contribution in [-0.4, -0.2) is 49.3 Å². The molecule has 2 amide bonds. The lowest BCUT2D eigenvalue weighted by Crippen LogP contribution is -2.32. The van der Waals surface area contributed by atoms with Crippen molar-refractivity contribution in [1.82, 2.24) is 29.8 Å². The Morgan fingerprint density at radius 1 is 1.00 bits per heavy atom. The lowest BCUT2D eigenvalue weighted by Gasteiger charge is -2.12. The summed E-state index contributed by atoms with van der Waals surface area (Å²) in [6.45, 7) is 4.50. The van der Waals surface area contributed by atoms with Crippen molar-refractivity contribution in [1.29, 1.82) is 0 Å². The number of para-hydroxylation sites is 1. The summed E-state index contributed by atoms with van der Waals surface area (Å²) in [6.07, 6.45) is 0.900. The first-order chi connectivity index (χ1) is 16.9. The van der Waals surface area contributed by atoms with Crippen LogP contribution in [0.3, 0.4) is 0 Å². The Kier molecular flexibility index (Phi) is 7.81. The van der Waals surface area contributed by atoms with Gasteiger partial charge in [0.2, 0.25) is 17.6 Å². The van der Waals surface area contributed by atoms with Crippen molar-refractivity contribution in [2.75, 3.05) is 12.3 Å². The molecule has 4 aromatic rings. The molecule has 0 bridgehead atoms. The van der Waals surface area contributed by atoms with E-state index in [0.717, 1.165) is 12.0 Å². The van der Waals surface area contributed by atoms with Crippen molar-refractivity contribution >= 4 is 40.3 Å². The van der Waals surface area contributed by atoms with E-state index in [1.165, 1.54) is 16.3 Å². The highest BCUT2D eigenvalue weighted by atomic mass is 32.2. The molecule has 0 unspecified atom stereocenters. The fourth-order valence-electron chi connectivity index (χ4n) is 3.81. The molecule has 0 atom stereocenters. The molecule has 182 valence electrons. The number of amides is 2. The highest BCUT2D eigenvalue weighted by Gasteiger charge is 2.18. The molecule has 0 aliphatic heterocycles. The smallest absolute Gasteiger partial charge is 0.262 e. The lowest BCUT2D eigenvalue weighted by molar-refractivity contribution is -0.122. The van der Waals surface area contributed by atoms with Crippen LogP contribution < -0.4 is 16.2 Å². The van der Waals surface area contributed by atoms with Crippen molar-refractivity contribution in [2.24, 2.45) is 0 Å². The topological polar surface area (TPSA) is 110 Å². The average molecular weight is 493 g/mol. The number of hydrogen-bond donors (Lipinski definition) is 2. The van der Waals surface area contributed by atoms with Gasteiger partial charge in [-0.05, 0) is 38.0 Å². The number of aryl methyl sites for hydroxylation is 1. The van der Waals surface area contributed by atoms with Gasteiger partial charge in [0.05, 0.1) is 16.7 Å². The predicted molar refractivity (Wildman–Crippen MR) is 137 cm³/mol. The quantitative estimate of drug-likeness (QED) is 0.329. The Morgan fingerprint density at radius 2 is 1.74 bits per heavy atom. The zero-order valence-electron chi connectivity index (χ0n) is 19.7. The summed E-state index contributed by atoms with van der Waals surface area (Å²) in [5.41, 5.74) is 1.59. The normalized spacial score (nSPS) is 11.3. The van der Waals surface area contributed by atoms with Gasteiger partial charge in [-0.15, -0.1) is 10.2 Å². The molecule has 0 saturated carbocycles. The number of aromatic nitrogens is 4. The van der Waals surface area contributed by atoms with Crippen molar-refractivity contribution in [3.63, 3.8) is 0 Å². The van der Waals surface area contributed by atoms with Crippen molar-refractivity contribution in [3.05, 3.63) is 70.5 Å². The van der Waals surface area contributed by atoms with Gasteiger partial charge >= 0.3 is 0 Å². The van der Waals surface area contributed by atoms with E-state index >= 15 is 0 Å². The van der Waals surface area contributed by atoms with Crippen LogP contribution in [0.2, 0.25) is 0 Å². The molecular formula is C25H28N6O3S. The number of nitrogens with zero attached hydrogens (tertiary/aromatic N) is 4.